The Morgan fingerprint density at radius 1 is 0.947 bits per heavy atom. The van der Waals surface area contributed by atoms with Crippen LogP contribution in [0.15, 0.2) is 67.3 Å². The molecule has 0 aromatic heterocycles. The van der Waals surface area contributed by atoms with Gasteiger partial charge in [0.15, 0.2) is 0 Å². The summed E-state index contributed by atoms with van der Waals surface area (Å²) < 4.78 is 0. The van der Waals surface area contributed by atoms with Crippen molar-refractivity contribution in [2.24, 2.45) is 0 Å². The van der Waals surface area contributed by atoms with Crippen molar-refractivity contribution in [1.82, 2.24) is 0 Å². The molecule has 1 N–H and O–H groups in total. The van der Waals surface area contributed by atoms with E-state index in [-0.39, 0.29) is 0 Å². The van der Waals surface area contributed by atoms with E-state index in [9.17, 15) is 0 Å². The molecule has 19 heavy (non-hydrogen) atoms. The van der Waals surface area contributed by atoms with Gasteiger partial charge < -0.3 is 5.32 Å². The molecule has 0 heterocycles. The molecule has 0 bridgehead atoms. The minimum atomic E-state index is 0.881. The summed E-state index contributed by atoms with van der Waals surface area (Å²) in [5.41, 5.74) is 1.18. The Morgan fingerprint density at radius 2 is 1.79 bits per heavy atom. The summed E-state index contributed by atoms with van der Waals surface area (Å²) in [7, 11) is 0. The van der Waals surface area contributed by atoms with Crippen molar-refractivity contribution < 1.29 is 0 Å². The van der Waals surface area contributed by atoms with Gasteiger partial charge in [-0.1, -0.05) is 48.6 Å². The molecule has 2 rings (SSSR count). The van der Waals surface area contributed by atoms with Crippen molar-refractivity contribution in [3.63, 3.8) is 0 Å². The number of nitrogens with one attached hydrogen (secondary N) is 1. The molecular weight excluding hydrogens is 230 g/mol. The molecule has 0 fully saturated rings. The van der Waals surface area contributed by atoms with Gasteiger partial charge in [-0.25, -0.2) is 0 Å². The van der Waals surface area contributed by atoms with Gasteiger partial charge in [-0.15, -0.1) is 6.58 Å². The molecule has 1 nitrogen and oxygen atoms in total. The van der Waals surface area contributed by atoms with Crippen LogP contribution in [0.1, 0.15) is 19.3 Å². The average molecular weight is 251 g/mol. The topological polar surface area (TPSA) is 12.0 Å². The number of hydrogen-bond donors (Lipinski definition) is 1. The smallest absolute Gasteiger partial charge is 0.0349 e. The van der Waals surface area contributed by atoms with E-state index in [0.29, 0.717) is 0 Å². The first-order valence-electron chi connectivity index (χ1n) is 6.89. The molecule has 2 aromatic carbocycles. The van der Waals surface area contributed by atoms with Crippen LogP contribution in [0.2, 0.25) is 0 Å². The van der Waals surface area contributed by atoms with E-state index in [1.54, 1.807) is 0 Å². The van der Waals surface area contributed by atoms with Gasteiger partial charge >= 0.3 is 0 Å². The van der Waals surface area contributed by atoms with Crippen LogP contribution in [0.5, 0.6) is 0 Å². The normalized spacial score (nSPS) is 10.9. The molecule has 0 amide bonds. The molecule has 0 spiro atoms. The SMILES string of the molecule is C=CCCCC=CCNc1ccc2ccccc2c1. The summed E-state index contributed by atoms with van der Waals surface area (Å²) in [4.78, 5) is 0. The highest BCUT2D eigenvalue weighted by atomic mass is 14.8. The predicted molar refractivity (Wildman–Crippen MR) is 85.6 cm³/mol. The maximum absolute atomic E-state index is 3.72. The zero-order valence-electron chi connectivity index (χ0n) is 11.3. The third kappa shape index (κ3) is 4.29. The summed E-state index contributed by atoms with van der Waals surface area (Å²) in [6, 6.07) is 14.9. The summed E-state index contributed by atoms with van der Waals surface area (Å²) in [5.74, 6) is 0. The standard InChI is InChI=1S/C18H21N/c1-2-3-4-5-6-9-14-19-18-13-12-16-10-7-8-11-17(16)15-18/h2,6-13,15,19H,1,3-5,14H2. The predicted octanol–water partition coefficient (Wildman–Crippen LogP) is 5.16. The number of allylic oxidation sites excluding steroid dienone is 2. The van der Waals surface area contributed by atoms with E-state index in [2.05, 4.69) is 66.5 Å². The van der Waals surface area contributed by atoms with Crippen molar-refractivity contribution in [2.75, 3.05) is 11.9 Å². The fourth-order valence-electron chi connectivity index (χ4n) is 2.06. The molecule has 0 aliphatic carbocycles. The number of anilines is 1. The van der Waals surface area contributed by atoms with Crippen LogP contribution in [-0.4, -0.2) is 6.54 Å². The molecule has 0 saturated carbocycles. The van der Waals surface area contributed by atoms with E-state index in [0.717, 1.165) is 19.4 Å². The number of rotatable bonds is 7. The molecular formula is C18H21N. The minimum absolute atomic E-state index is 0.881. The molecule has 0 atom stereocenters. The van der Waals surface area contributed by atoms with Gasteiger partial charge in [0.1, 0.15) is 0 Å². The van der Waals surface area contributed by atoms with Crippen molar-refractivity contribution in [3.05, 3.63) is 67.3 Å². The Kier molecular flexibility index (Phi) is 5.24. The van der Waals surface area contributed by atoms with Crippen LogP contribution in [-0.2, 0) is 0 Å². The lowest BCUT2D eigenvalue weighted by atomic mass is 10.1. The van der Waals surface area contributed by atoms with Gasteiger partial charge in [0.05, 0.1) is 0 Å². The highest BCUT2D eigenvalue weighted by Gasteiger charge is 1.93. The fraction of sp³-hybridized carbons (Fsp3) is 0.222. The monoisotopic (exact) mass is 251 g/mol. The van der Waals surface area contributed by atoms with Gasteiger partial charge in [0.2, 0.25) is 0 Å². The molecule has 1 heteroatoms. The molecule has 2 aromatic rings. The van der Waals surface area contributed by atoms with Crippen molar-refractivity contribution in [1.29, 1.82) is 0 Å². The van der Waals surface area contributed by atoms with Gasteiger partial charge in [-0.3, -0.25) is 0 Å². The first kappa shape index (κ1) is 13.4. The number of fused-ring (bicyclic) bond motifs is 1. The summed E-state index contributed by atoms with van der Waals surface area (Å²) in [6.07, 6.45) is 9.82. The van der Waals surface area contributed by atoms with Gasteiger partial charge in [-0.05, 0) is 42.2 Å². The van der Waals surface area contributed by atoms with E-state index < -0.39 is 0 Å². The van der Waals surface area contributed by atoms with Crippen LogP contribution in [0.25, 0.3) is 10.8 Å². The Hall–Kier alpha value is -2.02. The lowest BCUT2D eigenvalue weighted by Crippen LogP contribution is -1.97. The zero-order chi connectivity index (χ0) is 13.3. The van der Waals surface area contributed by atoms with Gasteiger partial charge in [0.25, 0.3) is 0 Å². The largest absolute Gasteiger partial charge is 0.382 e. The Balaban J connectivity index is 1.83. The van der Waals surface area contributed by atoms with Crippen LogP contribution < -0.4 is 5.32 Å². The Morgan fingerprint density at radius 3 is 2.63 bits per heavy atom. The van der Waals surface area contributed by atoms with Crippen LogP contribution >= 0.6 is 0 Å². The Labute approximate surface area is 115 Å². The molecule has 98 valence electrons. The zero-order valence-corrected chi connectivity index (χ0v) is 11.3. The highest BCUT2D eigenvalue weighted by Crippen LogP contribution is 2.18. The van der Waals surface area contributed by atoms with E-state index in [1.165, 1.54) is 22.9 Å². The summed E-state index contributed by atoms with van der Waals surface area (Å²) >= 11 is 0. The fourth-order valence-corrected chi connectivity index (χ4v) is 2.06. The quantitative estimate of drug-likeness (QED) is 0.529. The number of hydrogen-bond acceptors (Lipinski definition) is 1. The number of unbranched alkanes of at least 4 members (excludes halogenated alkanes) is 2. The Bertz CT molecular complexity index is 554. The second-order valence-electron chi connectivity index (χ2n) is 4.63. The highest BCUT2D eigenvalue weighted by molar-refractivity contribution is 5.85. The second-order valence-corrected chi connectivity index (χ2v) is 4.63. The third-order valence-corrected chi connectivity index (χ3v) is 3.12. The van der Waals surface area contributed by atoms with Gasteiger partial charge in [-0.2, -0.15) is 0 Å². The first-order chi connectivity index (χ1) is 9.40. The van der Waals surface area contributed by atoms with Crippen LogP contribution in [0.4, 0.5) is 5.69 Å². The average Bonchev–Trinajstić information content (AvgIpc) is 2.46. The van der Waals surface area contributed by atoms with Crippen molar-refractivity contribution in [3.8, 4) is 0 Å². The molecule has 0 aliphatic rings. The maximum atomic E-state index is 3.72. The summed E-state index contributed by atoms with van der Waals surface area (Å²) in [5, 5.41) is 5.99. The van der Waals surface area contributed by atoms with Crippen molar-refractivity contribution in [2.45, 2.75) is 19.3 Å². The maximum Gasteiger partial charge on any atom is 0.0349 e. The molecule has 0 aliphatic heterocycles. The van der Waals surface area contributed by atoms with E-state index in [4.69, 9.17) is 0 Å². The van der Waals surface area contributed by atoms with E-state index >= 15 is 0 Å². The molecule has 0 saturated heterocycles. The second kappa shape index (κ2) is 7.42. The van der Waals surface area contributed by atoms with Gasteiger partial charge in [0, 0.05) is 12.2 Å². The van der Waals surface area contributed by atoms with Crippen LogP contribution in [0.3, 0.4) is 0 Å². The minimum Gasteiger partial charge on any atom is -0.382 e. The van der Waals surface area contributed by atoms with Crippen molar-refractivity contribution >= 4 is 16.5 Å². The third-order valence-electron chi connectivity index (χ3n) is 3.12. The molecule has 0 radical (unpaired) electrons. The first-order valence-corrected chi connectivity index (χ1v) is 6.89. The van der Waals surface area contributed by atoms with E-state index in [1.807, 2.05) is 6.08 Å². The lowest BCUT2D eigenvalue weighted by Gasteiger charge is -2.05. The van der Waals surface area contributed by atoms with Crippen LogP contribution in [0, 0.1) is 0 Å². The summed E-state index contributed by atoms with van der Waals surface area (Å²) in [6.45, 7) is 4.60. The number of benzene rings is 2. The lowest BCUT2D eigenvalue weighted by molar-refractivity contribution is 0.868. The molecule has 0 unspecified atom stereocenters.